The van der Waals surface area contributed by atoms with Crippen molar-refractivity contribution >= 4 is 26.8 Å². The summed E-state index contributed by atoms with van der Waals surface area (Å²) in [7, 11) is 0. The van der Waals surface area contributed by atoms with E-state index in [4.69, 9.17) is 0 Å². The minimum Gasteiger partial charge on any atom is -0.508 e. The number of aromatic hydroxyl groups is 1. The van der Waals surface area contributed by atoms with E-state index in [9.17, 15) is 14.7 Å². The molecular formula is C22H17BrN2O3. The minimum absolute atomic E-state index is 0.0121. The van der Waals surface area contributed by atoms with Gasteiger partial charge in [0.25, 0.3) is 5.56 Å². The number of nitrogens with zero attached hydrogens (tertiary/aromatic N) is 2. The third-order valence-corrected chi connectivity index (χ3v) is 5.45. The fourth-order valence-corrected chi connectivity index (χ4v) is 3.68. The molecule has 0 radical (unpaired) electrons. The van der Waals surface area contributed by atoms with Crippen LogP contribution < -0.4 is 11.2 Å². The molecule has 4 rings (SSSR count). The van der Waals surface area contributed by atoms with Gasteiger partial charge in [-0.25, -0.2) is 4.79 Å². The van der Waals surface area contributed by atoms with Crippen molar-refractivity contribution in [2.24, 2.45) is 0 Å². The van der Waals surface area contributed by atoms with Crippen LogP contribution in [0.2, 0.25) is 0 Å². The predicted octanol–water partition coefficient (Wildman–Crippen LogP) is 3.73. The molecule has 140 valence electrons. The van der Waals surface area contributed by atoms with Crippen LogP contribution in [0.4, 0.5) is 0 Å². The molecule has 0 unspecified atom stereocenters. The van der Waals surface area contributed by atoms with Crippen molar-refractivity contribution in [3.05, 3.63) is 109 Å². The van der Waals surface area contributed by atoms with Gasteiger partial charge in [0.2, 0.25) is 0 Å². The zero-order valence-electron chi connectivity index (χ0n) is 14.9. The van der Waals surface area contributed by atoms with Crippen LogP contribution in [0, 0.1) is 0 Å². The quantitative estimate of drug-likeness (QED) is 0.529. The first-order valence-electron chi connectivity index (χ1n) is 8.78. The van der Waals surface area contributed by atoms with Crippen molar-refractivity contribution in [2.45, 2.75) is 13.1 Å². The van der Waals surface area contributed by atoms with Crippen LogP contribution in [0.5, 0.6) is 5.75 Å². The van der Waals surface area contributed by atoms with Gasteiger partial charge in [0.1, 0.15) is 5.75 Å². The molecule has 1 heterocycles. The summed E-state index contributed by atoms with van der Waals surface area (Å²) in [6.07, 6.45) is 0. The highest BCUT2D eigenvalue weighted by Gasteiger charge is 2.15. The van der Waals surface area contributed by atoms with Crippen molar-refractivity contribution < 1.29 is 5.11 Å². The third kappa shape index (κ3) is 3.39. The number of phenols is 1. The number of benzene rings is 3. The van der Waals surface area contributed by atoms with E-state index in [-0.39, 0.29) is 18.0 Å². The Morgan fingerprint density at radius 2 is 1.54 bits per heavy atom. The molecule has 0 spiro atoms. The van der Waals surface area contributed by atoms with E-state index in [1.54, 1.807) is 10.6 Å². The van der Waals surface area contributed by atoms with Crippen molar-refractivity contribution in [2.75, 3.05) is 0 Å². The van der Waals surface area contributed by atoms with E-state index in [0.717, 1.165) is 15.6 Å². The first-order valence-corrected chi connectivity index (χ1v) is 9.57. The van der Waals surface area contributed by atoms with Gasteiger partial charge in [0.05, 0.1) is 24.0 Å². The molecule has 0 saturated carbocycles. The summed E-state index contributed by atoms with van der Waals surface area (Å²) in [4.78, 5) is 26.3. The van der Waals surface area contributed by atoms with E-state index in [2.05, 4.69) is 15.9 Å². The molecule has 0 aliphatic heterocycles. The molecule has 0 amide bonds. The average molecular weight is 437 g/mol. The summed E-state index contributed by atoms with van der Waals surface area (Å²) in [5.41, 5.74) is 1.47. The van der Waals surface area contributed by atoms with Crippen molar-refractivity contribution in [1.29, 1.82) is 0 Å². The second-order valence-corrected chi connectivity index (χ2v) is 7.39. The summed E-state index contributed by atoms with van der Waals surface area (Å²) >= 11 is 3.52. The Morgan fingerprint density at radius 3 is 2.29 bits per heavy atom. The molecule has 4 aromatic rings. The maximum Gasteiger partial charge on any atom is 0.332 e. The van der Waals surface area contributed by atoms with Gasteiger partial charge in [0, 0.05) is 4.47 Å². The normalized spacial score (nSPS) is 11.0. The van der Waals surface area contributed by atoms with Gasteiger partial charge in [-0.05, 0) is 35.4 Å². The molecule has 1 aromatic heterocycles. The Labute approximate surface area is 169 Å². The SMILES string of the molecule is O=c1c2cc(O)ccc2n(Cc2ccccc2Br)c(=O)n1Cc1ccccc1. The lowest BCUT2D eigenvalue weighted by Crippen LogP contribution is -2.40. The summed E-state index contributed by atoms with van der Waals surface area (Å²) in [6.45, 7) is 0.469. The molecule has 28 heavy (non-hydrogen) atoms. The number of aromatic nitrogens is 2. The number of phenolic OH excluding ortho intramolecular Hbond substituents is 1. The number of halogens is 1. The predicted molar refractivity (Wildman–Crippen MR) is 113 cm³/mol. The van der Waals surface area contributed by atoms with Gasteiger partial charge < -0.3 is 5.11 Å². The van der Waals surface area contributed by atoms with Gasteiger partial charge in [-0.3, -0.25) is 13.9 Å². The van der Waals surface area contributed by atoms with Gasteiger partial charge in [-0.2, -0.15) is 0 Å². The Morgan fingerprint density at radius 1 is 0.821 bits per heavy atom. The first kappa shape index (κ1) is 18.3. The maximum atomic E-state index is 13.3. The summed E-state index contributed by atoms with van der Waals surface area (Å²) in [6, 6.07) is 21.5. The van der Waals surface area contributed by atoms with Gasteiger partial charge >= 0.3 is 5.69 Å². The lowest BCUT2D eigenvalue weighted by atomic mass is 10.2. The van der Waals surface area contributed by atoms with Gasteiger partial charge in [0.15, 0.2) is 0 Å². The zero-order valence-corrected chi connectivity index (χ0v) is 16.5. The highest BCUT2D eigenvalue weighted by molar-refractivity contribution is 9.10. The third-order valence-electron chi connectivity index (χ3n) is 4.68. The highest BCUT2D eigenvalue weighted by atomic mass is 79.9. The van der Waals surface area contributed by atoms with Gasteiger partial charge in [-0.1, -0.05) is 64.5 Å². The van der Waals surface area contributed by atoms with E-state index in [0.29, 0.717) is 17.4 Å². The zero-order chi connectivity index (χ0) is 19.7. The lowest BCUT2D eigenvalue weighted by molar-refractivity contribution is 0.476. The fourth-order valence-electron chi connectivity index (χ4n) is 3.27. The largest absolute Gasteiger partial charge is 0.508 e. The second kappa shape index (κ2) is 7.48. The Bertz CT molecular complexity index is 1280. The molecule has 1 N–H and O–H groups in total. The standard InChI is InChI=1S/C22H17BrN2O3/c23-19-9-5-4-8-16(19)14-24-20-11-10-17(26)12-18(20)21(27)25(22(24)28)13-15-6-2-1-3-7-15/h1-12,26H,13-14H2. The van der Waals surface area contributed by atoms with E-state index < -0.39 is 5.56 Å². The lowest BCUT2D eigenvalue weighted by Gasteiger charge is -2.15. The van der Waals surface area contributed by atoms with Crippen molar-refractivity contribution in [1.82, 2.24) is 9.13 Å². The maximum absolute atomic E-state index is 13.3. The number of fused-ring (bicyclic) bond motifs is 1. The van der Waals surface area contributed by atoms with Crippen LogP contribution in [0.15, 0.2) is 86.9 Å². The van der Waals surface area contributed by atoms with Crippen LogP contribution in [-0.4, -0.2) is 14.2 Å². The van der Waals surface area contributed by atoms with Crippen LogP contribution in [-0.2, 0) is 13.1 Å². The average Bonchev–Trinajstić information content (AvgIpc) is 2.71. The van der Waals surface area contributed by atoms with E-state index >= 15 is 0 Å². The summed E-state index contributed by atoms with van der Waals surface area (Å²) in [5.74, 6) is -0.0121. The molecule has 5 nitrogen and oxygen atoms in total. The molecule has 0 aliphatic carbocycles. The summed E-state index contributed by atoms with van der Waals surface area (Å²) in [5, 5.41) is 10.2. The Hall–Kier alpha value is -3.12. The van der Waals surface area contributed by atoms with E-state index in [1.165, 1.54) is 16.7 Å². The number of hydrogen-bond acceptors (Lipinski definition) is 3. The molecule has 6 heteroatoms. The Kier molecular flexibility index (Phi) is 4.88. The smallest absolute Gasteiger partial charge is 0.332 e. The minimum atomic E-state index is -0.414. The second-order valence-electron chi connectivity index (χ2n) is 6.54. The van der Waals surface area contributed by atoms with Crippen molar-refractivity contribution in [3.63, 3.8) is 0 Å². The van der Waals surface area contributed by atoms with Crippen LogP contribution in [0.3, 0.4) is 0 Å². The molecule has 0 fully saturated rings. The van der Waals surface area contributed by atoms with Crippen LogP contribution >= 0.6 is 15.9 Å². The Balaban J connectivity index is 1.96. The molecule has 0 aliphatic rings. The topological polar surface area (TPSA) is 64.2 Å². The van der Waals surface area contributed by atoms with Crippen molar-refractivity contribution in [3.8, 4) is 5.75 Å². The summed E-state index contributed by atoms with van der Waals surface area (Å²) < 4.78 is 3.67. The molecule has 0 atom stereocenters. The number of hydrogen-bond donors (Lipinski definition) is 1. The van der Waals surface area contributed by atoms with E-state index in [1.807, 2.05) is 54.6 Å². The van der Waals surface area contributed by atoms with Crippen LogP contribution in [0.1, 0.15) is 11.1 Å². The fraction of sp³-hybridized carbons (Fsp3) is 0.0909. The first-order chi connectivity index (χ1) is 13.5. The molecular weight excluding hydrogens is 420 g/mol. The molecule has 0 saturated heterocycles. The number of rotatable bonds is 4. The van der Waals surface area contributed by atoms with Crippen LogP contribution in [0.25, 0.3) is 10.9 Å². The monoisotopic (exact) mass is 436 g/mol. The highest BCUT2D eigenvalue weighted by Crippen LogP contribution is 2.20. The van der Waals surface area contributed by atoms with Gasteiger partial charge in [-0.15, -0.1) is 0 Å². The molecule has 3 aromatic carbocycles. The molecule has 0 bridgehead atoms.